The fourth-order valence-corrected chi connectivity index (χ4v) is 2.20. The fourth-order valence-electron chi connectivity index (χ4n) is 2.20. The molecular formula is C13H28N2. The summed E-state index contributed by atoms with van der Waals surface area (Å²) < 4.78 is 0. The van der Waals surface area contributed by atoms with Gasteiger partial charge in [-0.2, -0.15) is 0 Å². The van der Waals surface area contributed by atoms with Crippen molar-refractivity contribution >= 4 is 0 Å². The molecular weight excluding hydrogens is 184 g/mol. The predicted octanol–water partition coefficient (Wildman–Crippen LogP) is 2.35. The number of rotatable bonds is 6. The number of hydrogen-bond acceptors (Lipinski definition) is 2. The van der Waals surface area contributed by atoms with Crippen molar-refractivity contribution in [3.63, 3.8) is 0 Å². The number of nitrogens with one attached hydrogen (secondary N) is 1. The van der Waals surface area contributed by atoms with E-state index in [9.17, 15) is 0 Å². The van der Waals surface area contributed by atoms with E-state index in [1.165, 1.54) is 39.0 Å². The quantitative estimate of drug-likeness (QED) is 0.680. The van der Waals surface area contributed by atoms with Crippen molar-refractivity contribution in [2.75, 3.05) is 26.2 Å². The van der Waals surface area contributed by atoms with E-state index in [4.69, 9.17) is 0 Å². The SMILES string of the molecule is CC(C)CCNCC1CCN(C(C)C)C1. The molecule has 1 N–H and O–H groups in total. The molecule has 0 aromatic heterocycles. The molecule has 1 atom stereocenters. The summed E-state index contributed by atoms with van der Waals surface area (Å²) in [6.07, 6.45) is 2.69. The summed E-state index contributed by atoms with van der Waals surface area (Å²) in [7, 11) is 0. The van der Waals surface area contributed by atoms with E-state index >= 15 is 0 Å². The summed E-state index contributed by atoms with van der Waals surface area (Å²) >= 11 is 0. The molecule has 1 aliphatic rings. The highest BCUT2D eigenvalue weighted by atomic mass is 15.2. The maximum Gasteiger partial charge on any atom is 0.00387 e. The lowest BCUT2D eigenvalue weighted by atomic mass is 10.1. The van der Waals surface area contributed by atoms with Crippen LogP contribution in [-0.4, -0.2) is 37.1 Å². The van der Waals surface area contributed by atoms with Crippen molar-refractivity contribution in [2.24, 2.45) is 11.8 Å². The van der Waals surface area contributed by atoms with E-state index < -0.39 is 0 Å². The highest BCUT2D eigenvalue weighted by molar-refractivity contribution is 4.79. The van der Waals surface area contributed by atoms with Crippen LogP contribution in [0.1, 0.15) is 40.5 Å². The zero-order chi connectivity index (χ0) is 11.3. The molecule has 0 radical (unpaired) electrons. The van der Waals surface area contributed by atoms with E-state index in [1.54, 1.807) is 0 Å². The summed E-state index contributed by atoms with van der Waals surface area (Å²) in [6.45, 7) is 14.2. The first kappa shape index (κ1) is 13.0. The molecule has 0 spiro atoms. The zero-order valence-corrected chi connectivity index (χ0v) is 10.9. The topological polar surface area (TPSA) is 15.3 Å². The van der Waals surface area contributed by atoms with Crippen molar-refractivity contribution in [1.82, 2.24) is 10.2 Å². The molecule has 0 amide bonds. The summed E-state index contributed by atoms with van der Waals surface area (Å²) in [5, 5.41) is 3.59. The van der Waals surface area contributed by atoms with Gasteiger partial charge in [-0.1, -0.05) is 13.8 Å². The van der Waals surface area contributed by atoms with Gasteiger partial charge in [0, 0.05) is 12.6 Å². The van der Waals surface area contributed by atoms with Gasteiger partial charge in [-0.05, 0) is 58.2 Å². The third-order valence-corrected chi connectivity index (χ3v) is 3.38. The maximum absolute atomic E-state index is 3.59. The first-order valence-electron chi connectivity index (χ1n) is 6.54. The van der Waals surface area contributed by atoms with E-state index in [0.717, 1.165) is 17.9 Å². The van der Waals surface area contributed by atoms with Gasteiger partial charge in [-0.25, -0.2) is 0 Å². The van der Waals surface area contributed by atoms with Crippen LogP contribution >= 0.6 is 0 Å². The predicted molar refractivity (Wildman–Crippen MR) is 67.1 cm³/mol. The van der Waals surface area contributed by atoms with Gasteiger partial charge in [0.2, 0.25) is 0 Å². The molecule has 0 saturated carbocycles. The van der Waals surface area contributed by atoms with E-state index in [1.807, 2.05) is 0 Å². The Morgan fingerprint density at radius 3 is 2.53 bits per heavy atom. The standard InChI is InChI=1S/C13H28N2/c1-11(2)5-7-14-9-13-6-8-15(10-13)12(3)4/h11-14H,5-10H2,1-4H3. The van der Waals surface area contributed by atoms with Crippen LogP contribution in [0.25, 0.3) is 0 Å². The summed E-state index contributed by atoms with van der Waals surface area (Å²) in [5.41, 5.74) is 0. The highest BCUT2D eigenvalue weighted by Gasteiger charge is 2.23. The second-order valence-electron chi connectivity index (χ2n) is 5.63. The Kier molecular flexibility index (Phi) is 5.62. The minimum absolute atomic E-state index is 0.727. The normalized spacial score (nSPS) is 23.2. The Bertz CT molecular complexity index is 166. The minimum atomic E-state index is 0.727. The van der Waals surface area contributed by atoms with Crippen molar-refractivity contribution in [3.8, 4) is 0 Å². The first-order valence-corrected chi connectivity index (χ1v) is 6.54. The van der Waals surface area contributed by atoms with Crippen LogP contribution in [0.2, 0.25) is 0 Å². The van der Waals surface area contributed by atoms with Gasteiger partial charge < -0.3 is 10.2 Å². The van der Waals surface area contributed by atoms with Gasteiger partial charge in [0.05, 0.1) is 0 Å². The van der Waals surface area contributed by atoms with Crippen LogP contribution in [0, 0.1) is 11.8 Å². The van der Waals surface area contributed by atoms with Crippen molar-refractivity contribution in [3.05, 3.63) is 0 Å². The third-order valence-electron chi connectivity index (χ3n) is 3.38. The molecule has 1 unspecified atom stereocenters. The van der Waals surface area contributed by atoms with Crippen molar-refractivity contribution in [1.29, 1.82) is 0 Å². The summed E-state index contributed by atoms with van der Waals surface area (Å²) in [4.78, 5) is 2.59. The molecule has 1 fully saturated rings. The van der Waals surface area contributed by atoms with E-state index in [2.05, 4.69) is 37.9 Å². The summed E-state index contributed by atoms with van der Waals surface area (Å²) in [5.74, 6) is 1.72. The second-order valence-corrected chi connectivity index (χ2v) is 5.63. The maximum atomic E-state index is 3.59. The third kappa shape index (κ3) is 4.98. The lowest BCUT2D eigenvalue weighted by Crippen LogP contribution is -2.31. The zero-order valence-electron chi connectivity index (χ0n) is 10.9. The molecule has 15 heavy (non-hydrogen) atoms. The molecule has 90 valence electrons. The smallest absolute Gasteiger partial charge is 0.00387 e. The Morgan fingerprint density at radius 2 is 2.00 bits per heavy atom. The van der Waals surface area contributed by atoms with Gasteiger partial charge in [0.15, 0.2) is 0 Å². The van der Waals surface area contributed by atoms with Gasteiger partial charge in [-0.15, -0.1) is 0 Å². The summed E-state index contributed by atoms with van der Waals surface area (Å²) in [6, 6.07) is 0.727. The van der Waals surface area contributed by atoms with Crippen LogP contribution in [0.4, 0.5) is 0 Å². The van der Waals surface area contributed by atoms with E-state index in [-0.39, 0.29) is 0 Å². The lowest BCUT2D eigenvalue weighted by molar-refractivity contribution is 0.264. The molecule has 2 nitrogen and oxygen atoms in total. The molecule has 0 aliphatic carbocycles. The van der Waals surface area contributed by atoms with Crippen molar-refractivity contribution < 1.29 is 0 Å². The Balaban J connectivity index is 2.04. The number of nitrogens with zero attached hydrogens (tertiary/aromatic N) is 1. The van der Waals surface area contributed by atoms with Crippen LogP contribution in [0.5, 0.6) is 0 Å². The molecule has 1 rings (SSSR count). The minimum Gasteiger partial charge on any atom is -0.316 e. The molecule has 1 aliphatic heterocycles. The van der Waals surface area contributed by atoms with Crippen LogP contribution < -0.4 is 5.32 Å². The van der Waals surface area contributed by atoms with Crippen LogP contribution in [0.3, 0.4) is 0 Å². The molecule has 1 saturated heterocycles. The first-order chi connectivity index (χ1) is 7.09. The monoisotopic (exact) mass is 212 g/mol. The molecule has 0 aromatic rings. The van der Waals surface area contributed by atoms with Gasteiger partial charge in [0.1, 0.15) is 0 Å². The second kappa shape index (κ2) is 6.49. The number of hydrogen-bond donors (Lipinski definition) is 1. The van der Waals surface area contributed by atoms with Crippen molar-refractivity contribution in [2.45, 2.75) is 46.6 Å². The van der Waals surface area contributed by atoms with Crippen LogP contribution in [-0.2, 0) is 0 Å². The fraction of sp³-hybridized carbons (Fsp3) is 1.00. The Morgan fingerprint density at radius 1 is 1.27 bits per heavy atom. The highest BCUT2D eigenvalue weighted by Crippen LogP contribution is 2.17. The van der Waals surface area contributed by atoms with E-state index in [0.29, 0.717) is 0 Å². The Hall–Kier alpha value is -0.0800. The average molecular weight is 212 g/mol. The van der Waals surface area contributed by atoms with Crippen LogP contribution in [0.15, 0.2) is 0 Å². The Labute approximate surface area is 95.4 Å². The molecule has 0 bridgehead atoms. The molecule has 2 heteroatoms. The van der Waals surface area contributed by atoms with Gasteiger partial charge in [0.25, 0.3) is 0 Å². The molecule has 0 aromatic carbocycles. The average Bonchev–Trinajstić information content (AvgIpc) is 2.60. The van der Waals surface area contributed by atoms with Gasteiger partial charge >= 0.3 is 0 Å². The number of likely N-dealkylation sites (tertiary alicyclic amines) is 1. The molecule has 1 heterocycles. The largest absolute Gasteiger partial charge is 0.316 e. The lowest BCUT2D eigenvalue weighted by Gasteiger charge is -2.20. The van der Waals surface area contributed by atoms with Gasteiger partial charge in [-0.3, -0.25) is 0 Å².